The van der Waals surface area contributed by atoms with Crippen LogP contribution in [0.4, 0.5) is 5.69 Å². The van der Waals surface area contributed by atoms with Crippen LogP contribution in [0, 0.1) is 11.8 Å². The Bertz CT molecular complexity index is 1600. The number of carbonyl (C=O) groups is 3. The number of fused-ring (bicyclic) bond motifs is 4. The van der Waals surface area contributed by atoms with Crippen LogP contribution in [0.1, 0.15) is 29.2 Å². The Morgan fingerprint density at radius 3 is 2.31 bits per heavy atom. The lowest BCUT2D eigenvalue weighted by molar-refractivity contribution is -0.142. The number of anilines is 1. The van der Waals surface area contributed by atoms with E-state index in [1.54, 1.807) is 26.4 Å². The largest absolute Gasteiger partial charge is 0.504 e. The Balaban J connectivity index is 1.37. The van der Waals surface area contributed by atoms with Crippen molar-refractivity contribution in [1.82, 2.24) is 10.2 Å². The van der Waals surface area contributed by atoms with Crippen LogP contribution >= 0.6 is 0 Å². The number of nitrogens with zero attached hydrogens (tertiary/aromatic N) is 1. The van der Waals surface area contributed by atoms with E-state index in [0.717, 1.165) is 17.5 Å². The van der Waals surface area contributed by atoms with Gasteiger partial charge >= 0.3 is 0 Å². The number of hydrogen-bond acceptors (Lipinski definition) is 8. The third-order valence-electron chi connectivity index (χ3n) is 8.85. The number of rotatable bonds is 8. The molecule has 4 N–H and O–H groups in total. The first-order valence-electron chi connectivity index (χ1n) is 14.0. The van der Waals surface area contributed by atoms with Crippen molar-refractivity contribution >= 4 is 23.4 Å². The standard InChI is InChI=1S/C32H33N3O7/c1-4-17-5-8-21-20(13-17)32(31(40)33-21)28-27(22(34-32)14-19-6-9-23(36)24(37)15-19)29(38)35(30(28)39)12-11-18-7-10-25(41-2)26(16-18)42-3/h5-10,13,15-16,22,27-28,34,36-37H,4,11-12,14H2,1-3H3,(H,33,40). The van der Waals surface area contributed by atoms with E-state index in [0.29, 0.717) is 34.7 Å². The summed E-state index contributed by atoms with van der Waals surface area (Å²) in [4.78, 5) is 43.3. The molecule has 4 atom stereocenters. The van der Waals surface area contributed by atoms with E-state index in [-0.39, 0.29) is 42.2 Å². The fraction of sp³-hybridized carbons (Fsp3) is 0.344. The number of amides is 3. The van der Waals surface area contributed by atoms with Crippen molar-refractivity contribution in [3.63, 3.8) is 0 Å². The molecule has 0 aromatic heterocycles. The predicted octanol–water partition coefficient (Wildman–Crippen LogP) is 2.88. The third-order valence-corrected chi connectivity index (χ3v) is 8.85. The van der Waals surface area contributed by atoms with Gasteiger partial charge in [-0.15, -0.1) is 0 Å². The average molecular weight is 572 g/mol. The number of benzene rings is 3. The van der Waals surface area contributed by atoms with Gasteiger partial charge in [0, 0.05) is 23.8 Å². The van der Waals surface area contributed by atoms with Gasteiger partial charge in [-0.25, -0.2) is 0 Å². The molecule has 42 heavy (non-hydrogen) atoms. The second-order valence-electron chi connectivity index (χ2n) is 11.0. The first kappa shape index (κ1) is 27.6. The maximum Gasteiger partial charge on any atom is 0.250 e. The molecule has 3 aliphatic rings. The molecular formula is C32H33N3O7. The van der Waals surface area contributed by atoms with Gasteiger partial charge in [0.2, 0.25) is 17.7 Å². The van der Waals surface area contributed by atoms with E-state index >= 15 is 0 Å². The summed E-state index contributed by atoms with van der Waals surface area (Å²) in [6.07, 6.45) is 1.40. The zero-order valence-electron chi connectivity index (χ0n) is 23.6. The fourth-order valence-electron chi connectivity index (χ4n) is 6.75. The van der Waals surface area contributed by atoms with Crippen molar-refractivity contribution < 1.29 is 34.1 Å². The van der Waals surface area contributed by atoms with E-state index in [1.807, 2.05) is 37.3 Å². The molecule has 6 rings (SSSR count). The number of ether oxygens (including phenoxy) is 2. The molecule has 2 saturated heterocycles. The molecule has 2 fully saturated rings. The highest BCUT2D eigenvalue weighted by atomic mass is 16.5. The highest BCUT2D eigenvalue weighted by Gasteiger charge is 2.70. The molecule has 0 bridgehead atoms. The lowest BCUT2D eigenvalue weighted by Gasteiger charge is -2.30. The van der Waals surface area contributed by atoms with Crippen molar-refractivity contribution in [1.29, 1.82) is 0 Å². The van der Waals surface area contributed by atoms with Crippen LogP contribution in [0.5, 0.6) is 23.0 Å². The SMILES string of the molecule is CCc1ccc2c(c1)C1(NC(Cc3ccc(O)c(O)c3)C3C(=O)N(CCc4ccc(OC)c(OC)c4)C(=O)C31)C(=O)N2. The lowest BCUT2D eigenvalue weighted by atomic mass is 9.76. The van der Waals surface area contributed by atoms with Crippen LogP contribution in [0.2, 0.25) is 0 Å². The van der Waals surface area contributed by atoms with E-state index in [2.05, 4.69) is 10.6 Å². The smallest absolute Gasteiger partial charge is 0.250 e. The number of imide groups is 1. The highest BCUT2D eigenvalue weighted by Crippen LogP contribution is 2.53. The maximum absolute atomic E-state index is 14.2. The van der Waals surface area contributed by atoms with Crippen LogP contribution in [-0.2, 0) is 39.2 Å². The molecule has 3 heterocycles. The van der Waals surface area contributed by atoms with Gasteiger partial charge in [-0.3, -0.25) is 24.6 Å². The molecule has 3 amide bonds. The van der Waals surface area contributed by atoms with Gasteiger partial charge in [-0.1, -0.05) is 31.2 Å². The number of nitrogens with one attached hydrogen (secondary N) is 2. The Morgan fingerprint density at radius 2 is 1.60 bits per heavy atom. The summed E-state index contributed by atoms with van der Waals surface area (Å²) in [5.41, 5.74) is 2.40. The minimum Gasteiger partial charge on any atom is -0.504 e. The van der Waals surface area contributed by atoms with Crippen LogP contribution in [0.3, 0.4) is 0 Å². The van der Waals surface area contributed by atoms with E-state index in [1.165, 1.54) is 17.0 Å². The number of aromatic hydroxyl groups is 2. The average Bonchev–Trinajstić information content (AvgIpc) is 3.57. The Kier molecular flexibility index (Phi) is 6.81. The molecule has 3 aliphatic heterocycles. The molecule has 4 unspecified atom stereocenters. The summed E-state index contributed by atoms with van der Waals surface area (Å²) < 4.78 is 10.7. The van der Waals surface area contributed by atoms with Crippen molar-refractivity contribution in [2.24, 2.45) is 11.8 Å². The number of likely N-dealkylation sites (tertiary alicyclic amines) is 1. The minimum absolute atomic E-state index is 0.145. The number of methoxy groups -OCH3 is 2. The monoisotopic (exact) mass is 571 g/mol. The lowest BCUT2D eigenvalue weighted by Crippen LogP contribution is -2.53. The predicted molar refractivity (Wildman–Crippen MR) is 153 cm³/mol. The number of aryl methyl sites for hydroxylation is 1. The summed E-state index contributed by atoms with van der Waals surface area (Å²) in [5, 5.41) is 26.3. The van der Waals surface area contributed by atoms with Crippen LogP contribution < -0.4 is 20.1 Å². The number of hydrogen-bond donors (Lipinski definition) is 4. The van der Waals surface area contributed by atoms with Crippen LogP contribution in [-0.4, -0.2) is 59.6 Å². The summed E-state index contributed by atoms with van der Waals surface area (Å²) >= 11 is 0. The molecule has 10 heteroatoms. The molecule has 10 nitrogen and oxygen atoms in total. The zero-order chi connectivity index (χ0) is 29.8. The third kappa shape index (κ3) is 4.16. The van der Waals surface area contributed by atoms with Gasteiger partial charge in [0.1, 0.15) is 5.54 Å². The Morgan fingerprint density at radius 1 is 0.857 bits per heavy atom. The summed E-state index contributed by atoms with van der Waals surface area (Å²) in [5.74, 6) is -2.24. The maximum atomic E-state index is 14.2. The zero-order valence-corrected chi connectivity index (χ0v) is 23.6. The highest BCUT2D eigenvalue weighted by molar-refractivity contribution is 6.15. The van der Waals surface area contributed by atoms with Crippen molar-refractivity contribution in [2.45, 2.75) is 37.8 Å². The summed E-state index contributed by atoms with van der Waals surface area (Å²) in [6.45, 7) is 2.16. The van der Waals surface area contributed by atoms with Crippen LogP contribution in [0.25, 0.3) is 0 Å². The van der Waals surface area contributed by atoms with Gasteiger partial charge in [-0.05, 0) is 66.3 Å². The number of phenolic OH excluding ortho intramolecular Hbond substituents is 2. The van der Waals surface area contributed by atoms with E-state index < -0.39 is 23.4 Å². The molecule has 0 radical (unpaired) electrons. The summed E-state index contributed by atoms with van der Waals surface area (Å²) in [6, 6.07) is 15.1. The van der Waals surface area contributed by atoms with Gasteiger partial charge in [-0.2, -0.15) is 0 Å². The topological polar surface area (TPSA) is 137 Å². The molecule has 3 aromatic carbocycles. The molecular weight excluding hydrogens is 538 g/mol. The molecule has 0 saturated carbocycles. The Hall–Kier alpha value is -4.57. The fourth-order valence-corrected chi connectivity index (χ4v) is 6.75. The Labute approximate surface area is 243 Å². The molecule has 1 spiro atoms. The number of carbonyl (C=O) groups excluding carboxylic acids is 3. The molecule has 3 aromatic rings. The molecule has 218 valence electrons. The van der Waals surface area contributed by atoms with Crippen molar-refractivity contribution in [3.05, 3.63) is 76.9 Å². The summed E-state index contributed by atoms with van der Waals surface area (Å²) in [7, 11) is 3.10. The van der Waals surface area contributed by atoms with Gasteiger partial charge < -0.3 is 25.0 Å². The van der Waals surface area contributed by atoms with Gasteiger partial charge in [0.05, 0.1) is 26.1 Å². The normalized spacial score (nSPS) is 24.2. The second kappa shape index (κ2) is 10.4. The van der Waals surface area contributed by atoms with E-state index in [4.69, 9.17) is 9.47 Å². The molecule has 0 aliphatic carbocycles. The second-order valence-corrected chi connectivity index (χ2v) is 11.0. The first-order valence-corrected chi connectivity index (χ1v) is 14.0. The first-order chi connectivity index (χ1) is 20.2. The number of phenols is 2. The quantitative estimate of drug-likeness (QED) is 0.239. The van der Waals surface area contributed by atoms with Gasteiger partial charge in [0.15, 0.2) is 23.0 Å². The van der Waals surface area contributed by atoms with Crippen molar-refractivity contribution in [2.75, 3.05) is 26.1 Å². The van der Waals surface area contributed by atoms with Gasteiger partial charge in [0.25, 0.3) is 0 Å². The van der Waals surface area contributed by atoms with Crippen molar-refractivity contribution in [3.8, 4) is 23.0 Å². The van der Waals surface area contributed by atoms with Crippen LogP contribution in [0.15, 0.2) is 54.6 Å². The minimum atomic E-state index is -1.42. The van der Waals surface area contributed by atoms with E-state index in [9.17, 15) is 24.6 Å².